The summed E-state index contributed by atoms with van der Waals surface area (Å²) in [5, 5.41) is 0.414. The van der Waals surface area contributed by atoms with Crippen LogP contribution in [0.3, 0.4) is 0 Å². The average molecular weight is 249 g/mol. The normalized spacial score (nSPS) is 25.8. The number of hydrogen-bond donors (Lipinski definition) is 0. The number of benzene rings is 1. The molecule has 0 radical (unpaired) electrons. The first kappa shape index (κ1) is 11.2. The maximum atomic E-state index is 13.6. The maximum absolute atomic E-state index is 13.6. The van der Waals surface area contributed by atoms with Gasteiger partial charge in [0.2, 0.25) is 0 Å². The molecular formula is C11H11Cl2FO. The predicted molar refractivity (Wildman–Crippen MR) is 58.9 cm³/mol. The van der Waals surface area contributed by atoms with E-state index in [2.05, 4.69) is 0 Å². The van der Waals surface area contributed by atoms with Gasteiger partial charge < -0.3 is 4.74 Å². The Kier molecular flexibility index (Phi) is 3.49. The molecular weight excluding hydrogens is 238 g/mol. The van der Waals surface area contributed by atoms with Crippen LogP contribution in [0.1, 0.15) is 18.1 Å². The molecule has 1 aliphatic heterocycles. The lowest BCUT2D eigenvalue weighted by molar-refractivity contribution is 0.0922. The Labute approximate surface area is 98.1 Å². The van der Waals surface area contributed by atoms with Crippen molar-refractivity contribution >= 4 is 23.2 Å². The van der Waals surface area contributed by atoms with Crippen LogP contribution in [0.4, 0.5) is 4.39 Å². The Morgan fingerprint density at radius 3 is 2.93 bits per heavy atom. The van der Waals surface area contributed by atoms with E-state index < -0.39 is 0 Å². The molecule has 82 valence electrons. The summed E-state index contributed by atoms with van der Waals surface area (Å²) in [5.74, 6) is 0.306. The van der Waals surface area contributed by atoms with Crippen LogP contribution in [0.5, 0.6) is 0 Å². The molecule has 1 saturated heterocycles. The van der Waals surface area contributed by atoms with E-state index in [9.17, 15) is 4.39 Å². The molecule has 4 heteroatoms. The van der Waals surface area contributed by atoms with Crippen molar-refractivity contribution in [2.24, 2.45) is 5.92 Å². The SMILES string of the molecule is Fc1cccc(Cl)c1C1OCCC1CCl. The first-order chi connectivity index (χ1) is 7.24. The first-order valence-corrected chi connectivity index (χ1v) is 5.76. The van der Waals surface area contributed by atoms with Gasteiger partial charge in [0.1, 0.15) is 5.82 Å². The summed E-state index contributed by atoms with van der Waals surface area (Å²) in [6.07, 6.45) is 0.565. The van der Waals surface area contributed by atoms with Crippen LogP contribution in [-0.2, 0) is 4.74 Å². The highest BCUT2D eigenvalue weighted by Gasteiger charge is 2.32. The minimum absolute atomic E-state index is 0.154. The zero-order valence-corrected chi connectivity index (χ0v) is 9.56. The summed E-state index contributed by atoms with van der Waals surface area (Å²) >= 11 is 11.8. The van der Waals surface area contributed by atoms with Gasteiger partial charge in [-0.3, -0.25) is 0 Å². The lowest BCUT2D eigenvalue weighted by atomic mass is 9.96. The molecule has 0 amide bonds. The van der Waals surface area contributed by atoms with E-state index >= 15 is 0 Å². The number of halogens is 3. The largest absolute Gasteiger partial charge is 0.373 e. The van der Waals surface area contributed by atoms with Crippen LogP contribution in [0.25, 0.3) is 0 Å². The van der Waals surface area contributed by atoms with Gasteiger partial charge in [0.25, 0.3) is 0 Å². The molecule has 1 aromatic rings. The molecule has 0 saturated carbocycles. The Bertz CT molecular complexity index is 336. The Hall–Kier alpha value is -0.310. The van der Waals surface area contributed by atoms with Crippen molar-refractivity contribution in [3.8, 4) is 0 Å². The monoisotopic (exact) mass is 248 g/mol. The van der Waals surface area contributed by atoms with Gasteiger partial charge in [-0.05, 0) is 18.6 Å². The highest BCUT2D eigenvalue weighted by Crippen LogP contribution is 2.39. The first-order valence-electron chi connectivity index (χ1n) is 4.85. The summed E-state index contributed by atoms with van der Waals surface area (Å²) in [6.45, 7) is 0.618. The second-order valence-corrected chi connectivity index (χ2v) is 4.35. The number of rotatable bonds is 2. The molecule has 1 heterocycles. The van der Waals surface area contributed by atoms with Gasteiger partial charge in [-0.2, -0.15) is 0 Å². The smallest absolute Gasteiger partial charge is 0.130 e. The quantitative estimate of drug-likeness (QED) is 0.724. The van der Waals surface area contributed by atoms with Gasteiger partial charge in [0.05, 0.1) is 6.10 Å². The molecule has 0 N–H and O–H groups in total. The van der Waals surface area contributed by atoms with Crippen molar-refractivity contribution in [2.75, 3.05) is 12.5 Å². The second-order valence-electron chi connectivity index (χ2n) is 3.63. The zero-order chi connectivity index (χ0) is 10.8. The molecule has 1 fully saturated rings. The zero-order valence-electron chi connectivity index (χ0n) is 8.05. The van der Waals surface area contributed by atoms with Crippen LogP contribution in [0.2, 0.25) is 5.02 Å². The van der Waals surface area contributed by atoms with E-state index in [-0.39, 0.29) is 17.8 Å². The van der Waals surface area contributed by atoms with Gasteiger partial charge >= 0.3 is 0 Å². The van der Waals surface area contributed by atoms with Gasteiger partial charge in [-0.25, -0.2) is 4.39 Å². The Morgan fingerprint density at radius 1 is 1.47 bits per heavy atom. The molecule has 1 aliphatic rings. The highest BCUT2D eigenvalue weighted by molar-refractivity contribution is 6.31. The van der Waals surface area contributed by atoms with Crippen molar-refractivity contribution in [2.45, 2.75) is 12.5 Å². The van der Waals surface area contributed by atoms with Crippen LogP contribution in [0.15, 0.2) is 18.2 Å². The molecule has 1 nitrogen and oxygen atoms in total. The van der Waals surface area contributed by atoms with Gasteiger partial charge in [-0.15, -0.1) is 11.6 Å². The average Bonchev–Trinajstić information content (AvgIpc) is 2.65. The second kappa shape index (κ2) is 4.69. The van der Waals surface area contributed by atoms with E-state index in [0.29, 0.717) is 23.1 Å². The third kappa shape index (κ3) is 2.12. The van der Waals surface area contributed by atoms with Crippen LogP contribution < -0.4 is 0 Å². The minimum Gasteiger partial charge on any atom is -0.373 e. The highest BCUT2D eigenvalue weighted by atomic mass is 35.5. The van der Waals surface area contributed by atoms with Crippen molar-refractivity contribution in [3.63, 3.8) is 0 Å². The summed E-state index contributed by atoms with van der Waals surface area (Å²) in [6, 6.07) is 4.66. The standard InChI is InChI=1S/C11H11Cl2FO/c12-6-7-4-5-15-11(7)10-8(13)2-1-3-9(10)14/h1-3,7,11H,4-6H2. The molecule has 0 bridgehead atoms. The fourth-order valence-corrected chi connectivity index (χ4v) is 2.48. The molecule has 2 unspecified atom stereocenters. The van der Waals surface area contributed by atoms with Crippen molar-refractivity contribution < 1.29 is 9.13 Å². The fourth-order valence-electron chi connectivity index (χ4n) is 1.89. The molecule has 15 heavy (non-hydrogen) atoms. The van der Waals surface area contributed by atoms with Crippen molar-refractivity contribution in [1.82, 2.24) is 0 Å². The molecule has 0 aromatic heterocycles. The summed E-state index contributed by atoms with van der Waals surface area (Å²) in [5.41, 5.74) is 0.447. The van der Waals surface area contributed by atoms with E-state index in [0.717, 1.165) is 6.42 Å². The summed E-state index contributed by atoms with van der Waals surface area (Å²) in [4.78, 5) is 0. The third-order valence-corrected chi connectivity index (χ3v) is 3.42. The molecule has 2 rings (SSSR count). The Balaban J connectivity index is 2.36. The van der Waals surface area contributed by atoms with E-state index in [4.69, 9.17) is 27.9 Å². The van der Waals surface area contributed by atoms with Crippen LogP contribution >= 0.6 is 23.2 Å². The van der Waals surface area contributed by atoms with Crippen molar-refractivity contribution in [1.29, 1.82) is 0 Å². The topological polar surface area (TPSA) is 9.23 Å². The summed E-state index contributed by atoms with van der Waals surface area (Å²) < 4.78 is 19.1. The number of hydrogen-bond acceptors (Lipinski definition) is 1. The molecule has 0 spiro atoms. The lowest BCUT2D eigenvalue weighted by Gasteiger charge is -2.18. The van der Waals surface area contributed by atoms with E-state index in [1.165, 1.54) is 6.07 Å². The number of alkyl halides is 1. The predicted octanol–water partition coefficient (Wildman–Crippen LogP) is 3.80. The van der Waals surface area contributed by atoms with Crippen LogP contribution in [0, 0.1) is 11.7 Å². The molecule has 0 aliphatic carbocycles. The van der Waals surface area contributed by atoms with Gasteiger partial charge in [-0.1, -0.05) is 17.7 Å². The fraction of sp³-hybridized carbons (Fsp3) is 0.455. The third-order valence-electron chi connectivity index (χ3n) is 2.70. The van der Waals surface area contributed by atoms with E-state index in [1.807, 2.05) is 0 Å². The number of ether oxygens (including phenoxy) is 1. The van der Waals surface area contributed by atoms with Crippen molar-refractivity contribution in [3.05, 3.63) is 34.6 Å². The molecule has 1 aromatic carbocycles. The van der Waals surface area contributed by atoms with E-state index in [1.54, 1.807) is 12.1 Å². The molecule has 2 atom stereocenters. The Morgan fingerprint density at radius 2 is 2.27 bits per heavy atom. The summed E-state index contributed by atoms with van der Waals surface area (Å²) in [7, 11) is 0. The van der Waals surface area contributed by atoms with Crippen LogP contribution in [-0.4, -0.2) is 12.5 Å². The van der Waals surface area contributed by atoms with Gasteiger partial charge in [0.15, 0.2) is 0 Å². The maximum Gasteiger partial charge on any atom is 0.130 e. The minimum atomic E-state index is -0.315. The van der Waals surface area contributed by atoms with Gasteiger partial charge in [0, 0.05) is 29.0 Å². The lowest BCUT2D eigenvalue weighted by Crippen LogP contribution is -2.11.